The van der Waals surface area contributed by atoms with Crippen molar-refractivity contribution in [2.45, 2.75) is 46.1 Å². The second kappa shape index (κ2) is 10.1. The Balaban J connectivity index is 1.84. The van der Waals surface area contributed by atoms with Gasteiger partial charge in [-0.25, -0.2) is 4.79 Å². The van der Waals surface area contributed by atoms with Gasteiger partial charge in [-0.3, -0.25) is 9.59 Å². The van der Waals surface area contributed by atoms with Crippen LogP contribution in [0.5, 0.6) is 0 Å². The summed E-state index contributed by atoms with van der Waals surface area (Å²) in [4.78, 5) is 38.7. The first kappa shape index (κ1) is 20.9. The molecule has 0 bridgehead atoms. The summed E-state index contributed by atoms with van der Waals surface area (Å²) in [5.41, 5.74) is 0.875. The number of esters is 1. The minimum atomic E-state index is -0.769. The van der Waals surface area contributed by atoms with E-state index in [4.69, 9.17) is 4.74 Å². The lowest BCUT2D eigenvalue weighted by Crippen LogP contribution is -2.47. The maximum Gasteiger partial charge on any atom is 0.329 e. The highest BCUT2D eigenvalue weighted by atomic mass is 16.5. The second-order valence-corrected chi connectivity index (χ2v) is 7.65. The number of carbonyl (C=O) groups is 3. The number of rotatable bonds is 7. The summed E-state index contributed by atoms with van der Waals surface area (Å²) in [5, 5.41) is 2.74. The van der Waals surface area contributed by atoms with Crippen molar-refractivity contribution < 1.29 is 19.1 Å². The van der Waals surface area contributed by atoms with Crippen LogP contribution in [0.15, 0.2) is 30.3 Å². The van der Waals surface area contributed by atoms with Crippen LogP contribution in [0.25, 0.3) is 0 Å². The zero-order chi connectivity index (χ0) is 19.8. The van der Waals surface area contributed by atoms with E-state index in [1.165, 1.54) is 0 Å². The molecule has 0 aliphatic carbocycles. The molecule has 1 aliphatic rings. The molecule has 0 radical (unpaired) electrons. The Morgan fingerprint density at radius 1 is 1.22 bits per heavy atom. The average Bonchev–Trinajstić information content (AvgIpc) is 2.64. The Hall–Kier alpha value is -2.37. The Morgan fingerprint density at radius 3 is 2.56 bits per heavy atom. The highest BCUT2D eigenvalue weighted by Gasteiger charge is 2.28. The molecule has 0 aromatic heterocycles. The number of nitrogens with zero attached hydrogens (tertiary/aromatic N) is 1. The third-order valence-electron chi connectivity index (χ3n) is 4.79. The minimum absolute atomic E-state index is 0.137. The molecule has 0 unspecified atom stereocenters. The van der Waals surface area contributed by atoms with E-state index < -0.39 is 12.0 Å². The summed E-state index contributed by atoms with van der Waals surface area (Å²) >= 11 is 0. The fourth-order valence-electron chi connectivity index (χ4n) is 3.23. The molecular weight excluding hydrogens is 344 g/mol. The number of carbonyl (C=O) groups excluding carboxylic acids is 3. The van der Waals surface area contributed by atoms with Crippen molar-refractivity contribution in [3.63, 3.8) is 0 Å². The van der Waals surface area contributed by atoms with E-state index in [0.29, 0.717) is 19.0 Å². The predicted octanol–water partition coefficient (Wildman–Crippen LogP) is 2.17. The average molecular weight is 374 g/mol. The van der Waals surface area contributed by atoms with Gasteiger partial charge in [0.2, 0.25) is 5.91 Å². The number of amides is 2. The van der Waals surface area contributed by atoms with E-state index in [1.807, 2.05) is 44.2 Å². The van der Waals surface area contributed by atoms with Crippen molar-refractivity contribution in [3.05, 3.63) is 35.9 Å². The molecule has 1 N–H and O–H groups in total. The van der Waals surface area contributed by atoms with Gasteiger partial charge >= 0.3 is 5.97 Å². The molecule has 1 fully saturated rings. The Kier molecular flexibility index (Phi) is 7.82. The molecule has 148 valence electrons. The topological polar surface area (TPSA) is 75.7 Å². The van der Waals surface area contributed by atoms with Gasteiger partial charge in [-0.1, -0.05) is 51.1 Å². The van der Waals surface area contributed by atoms with Crippen LogP contribution >= 0.6 is 0 Å². The van der Waals surface area contributed by atoms with Crippen molar-refractivity contribution in [2.75, 3.05) is 19.7 Å². The molecular formula is C21H30N2O4. The quantitative estimate of drug-likeness (QED) is 0.742. The monoisotopic (exact) mass is 374 g/mol. The lowest BCUT2D eigenvalue weighted by atomic mass is 10.0. The van der Waals surface area contributed by atoms with Gasteiger partial charge in [-0.15, -0.1) is 0 Å². The van der Waals surface area contributed by atoms with Crippen LogP contribution in [-0.4, -0.2) is 48.4 Å². The maximum atomic E-state index is 12.4. The van der Waals surface area contributed by atoms with Crippen molar-refractivity contribution in [1.82, 2.24) is 10.2 Å². The molecule has 1 aromatic carbocycles. The van der Waals surface area contributed by atoms with Gasteiger partial charge in [0.1, 0.15) is 6.04 Å². The van der Waals surface area contributed by atoms with Crippen LogP contribution in [-0.2, 0) is 25.5 Å². The van der Waals surface area contributed by atoms with Crippen molar-refractivity contribution >= 4 is 17.8 Å². The Labute approximate surface area is 161 Å². The molecule has 0 spiro atoms. The molecule has 1 saturated heterocycles. The molecule has 27 heavy (non-hydrogen) atoms. The zero-order valence-electron chi connectivity index (χ0n) is 16.4. The number of likely N-dealkylation sites (tertiary alicyclic amines) is 1. The summed E-state index contributed by atoms with van der Waals surface area (Å²) in [5.74, 6) is -0.646. The van der Waals surface area contributed by atoms with E-state index in [-0.39, 0.29) is 30.8 Å². The van der Waals surface area contributed by atoms with Gasteiger partial charge in [0.05, 0.1) is 6.42 Å². The summed E-state index contributed by atoms with van der Waals surface area (Å²) in [6.07, 6.45) is 2.29. The van der Waals surface area contributed by atoms with E-state index in [0.717, 1.165) is 18.4 Å². The number of hydrogen-bond donors (Lipinski definition) is 1. The highest BCUT2D eigenvalue weighted by Crippen LogP contribution is 2.15. The van der Waals surface area contributed by atoms with Gasteiger partial charge in [-0.2, -0.15) is 0 Å². The standard InChI is InChI=1S/C21H30N2O4/c1-15(2)20(22-18(24)12-17-9-5-4-6-10-17)21(26)27-14-19(25)23-11-7-8-16(3)13-23/h4-6,9-10,15-16,20H,7-8,11-14H2,1-3H3,(H,22,24)/t16-,20-/m0/s1. The van der Waals surface area contributed by atoms with Crippen LogP contribution in [0.4, 0.5) is 0 Å². The van der Waals surface area contributed by atoms with Crippen LogP contribution in [0.2, 0.25) is 0 Å². The normalized spacial score (nSPS) is 18.1. The fraction of sp³-hybridized carbons (Fsp3) is 0.571. The van der Waals surface area contributed by atoms with Crippen molar-refractivity contribution in [3.8, 4) is 0 Å². The summed E-state index contributed by atoms with van der Waals surface area (Å²) in [6, 6.07) is 8.57. The Bertz CT molecular complexity index is 645. The molecule has 1 aromatic rings. The molecule has 1 aliphatic heterocycles. The molecule has 6 heteroatoms. The van der Waals surface area contributed by atoms with Crippen LogP contribution in [0, 0.1) is 11.8 Å². The summed E-state index contributed by atoms with van der Waals surface area (Å²) in [7, 11) is 0. The van der Waals surface area contributed by atoms with Gasteiger partial charge in [-0.05, 0) is 30.2 Å². The third kappa shape index (κ3) is 6.70. The van der Waals surface area contributed by atoms with E-state index >= 15 is 0 Å². The lowest BCUT2D eigenvalue weighted by molar-refractivity contribution is -0.156. The summed E-state index contributed by atoms with van der Waals surface area (Å²) in [6.45, 7) is 6.93. The van der Waals surface area contributed by atoms with Crippen molar-refractivity contribution in [1.29, 1.82) is 0 Å². The first-order chi connectivity index (χ1) is 12.9. The predicted molar refractivity (Wildman–Crippen MR) is 103 cm³/mol. The first-order valence-electron chi connectivity index (χ1n) is 9.64. The first-order valence-corrected chi connectivity index (χ1v) is 9.64. The van der Waals surface area contributed by atoms with Gasteiger partial charge in [0, 0.05) is 13.1 Å². The zero-order valence-corrected chi connectivity index (χ0v) is 16.4. The molecule has 0 saturated carbocycles. The lowest BCUT2D eigenvalue weighted by Gasteiger charge is -2.31. The third-order valence-corrected chi connectivity index (χ3v) is 4.79. The largest absolute Gasteiger partial charge is 0.454 e. The molecule has 2 amide bonds. The van der Waals surface area contributed by atoms with Gasteiger partial charge in [0.15, 0.2) is 6.61 Å². The summed E-state index contributed by atoms with van der Waals surface area (Å²) < 4.78 is 5.22. The molecule has 1 heterocycles. The number of ether oxygens (including phenoxy) is 1. The molecule has 2 atom stereocenters. The van der Waals surface area contributed by atoms with Crippen LogP contribution in [0.3, 0.4) is 0 Å². The fourth-order valence-corrected chi connectivity index (χ4v) is 3.23. The highest BCUT2D eigenvalue weighted by molar-refractivity contribution is 5.87. The number of nitrogens with one attached hydrogen (secondary N) is 1. The SMILES string of the molecule is CC(C)[C@H](NC(=O)Cc1ccccc1)C(=O)OCC(=O)N1CCC[C@H](C)C1. The van der Waals surface area contributed by atoms with Gasteiger partial charge in [0.25, 0.3) is 5.91 Å². The van der Waals surface area contributed by atoms with Crippen molar-refractivity contribution in [2.24, 2.45) is 11.8 Å². The van der Waals surface area contributed by atoms with Gasteiger partial charge < -0.3 is 15.0 Å². The molecule has 6 nitrogen and oxygen atoms in total. The second-order valence-electron chi connectivity index (χ2n) is 7.65. The Morgan fingerprint density at radius 2 is 1.93 bits per heavy atom. The number of hydrogen-bond acceptors (Lipinski definition) is 4. The smallest absolute Gasteiger partial charge is 0.329 e. The van der Waals surface area contributed by atoms with E-state index in [9.17, 15) is 14.4 Å². The maximum absolute atomic E-state index is 12.4. The number of piperidine rings is 1. The van der Waals surface area contributed by atoms with Crippen LogP contribution < -0.4 is 5.32 Å². The minimum Gasteiger partial charge on any atom is -0.454 e. The van der Waals surface area contributed by atoms with Crippen LogP contribution in [0.1, 0.15) is 39.2 Å². The van der Waals surface area contributed by atoms with E-state index in [1.54, 1.807) is 4.90 Å². The number of benzene rings is 1. The van der Waals surface area contributed by atoms with E-state index in [2.05, 4.69) is 12.2 Å². The molecule has 2 rings (SSSR count).